The minimum atomic E-state index is -0.0270. The molecule has 1 fully saturated rings. The van der Waals surface area contributed by atoms with Crippen molar-refractivity contribution in [1.29, 1.82) is 0 Å². The number of aryl methyl sites for hydroxylation is 1. The molecule has 100 valence electrons. The molecule has 3 nitrogen and oxygen atoms in total. The Bertz CT molecular complexity index is 402. The molecule has 0 aromatic carbocycles. The maximum atomic E-state index is 12.0. The molecule has 0 aliphatic heterocycles. The van der Waals surface area contributed by atoms with Crippen molar-refractivity contribution in [3.05, 3.63) is 23.7 Å². The topological polar surface area (TPSA) is 42.2 Å². The average Bonchev–Trinajstić information content (AvgIpc) is 3.03. The summed E-state index contributed by atoms with van der Waals surface area (Å²) in [5.74, 6) is 2.52. The van der Waals surface area contributed by atoms with Crippen LogP contribution in [0.3, 0.4) is 0 Å². The van der Waals surface area contributed by atoms with Crippen molar-refractivity contribution in [2.75, 3.05) is 12.4 Å². The first-order chi connectivity index (χ1) is 8.76. The lowest BCUT2D eigenvalue weighted by molar-refractivity contribution is 0.0942. The van der Waals surface area contributed by atoms with Crippen molar-refractivity contribution in [1.82, 2.24) is 5.32 Å². The SMILES string of the molecule is CCc1occc1C(=O)NCC1CCCC1CCl. The molecule has 0 radical (unpaired) electrons. The smallest absolute Gasteiger partial charge is 0.254 e. The van der Waals surface area contributed by atoms with E-state index in [1.807, 2.05) is 6.92 Å². The van der Waals surface area contributed by atoms with Crippen LogP contribution in [0.25, 0.3) is 0 Å². The van der Waals surface area contributed by atoms with Crippen LogP contribution in [0, 0.1) is 11.8 Å². The zero-order chi connectivity index (χ0) is 13.0. The predicted molar refractivity (Wildman–Crippen MR) is 72.0 cm³/mol. The number of hydrogen-bond acceptors (Lipinski definition) is 2. The Kier molecular flexibility index (Phi) is 4.70. The molecule has 1 amide bonds. The van der Waals surface area contributed by atoms with E-state index in [4.69, 9.17) is 16.0 Å². The highest BCUT2D eigenvalue weighted by Crippen LogP contribution is 2.32. The molecule has 4 heteroatoms. The Morgan fingerprint density at radius 3 is 3.00 bits per heavy atom. The molecule has 1 aliphatic carbocycles. The lowest BCUT2D eigenvalue weighted by atomic mass is 9.98. The minimum Gasteiger partial charge on any atom is -0.469 e. The van der Waals surface area contributed by atoms with Crippen LogP contribution < -0.4 is 5.32 Å². The van der Waals surface area contributed by atoms with Crippen LogP contribution in [-0.2, 0) is 6.42 Å². The van der Waals surface area contributed by atoms with Gasteiger partial charge in [-0.25, -0.2) is 0 Å². The Hall–Kier alpha value is -0.960. The summed E-state index contributed by atoms with van der Waals surface area (Å²) in [7, 11) is 0. The number of carbonyl (C=O) groups excluding carboxylic acids is 1. The number of nitrogens with one attached hydrogen (secondary N) is 1. The highest BCUT2D eigenvalue weighted by Gasteiger charge is 2.27. The first kappa shape index (κ1) is 13.5. The summed E-state index contributed by atoms with van der Waals surface area (Å²) < 4.78 is 5.27. The third kappa shape index (κ3) is 2.89. The van der Waals surface area contributed by atoms with E-state index < -0.39 is 0 Å². The first-order valence-corrected chi connectivity index (χ1v) is 7.20. The molecule has 2 rings (SSSR count). The minimum absolute atomic E-state index is 0.0270. The van der Waals surface area contributed by atoms with Gasteiger partial charge in [-0.05, 0) is 30.7 Å². The van der Waals surface area contributed by atoms with E-state index in [0.717, 1.165) is 18.7 Å². The second-order valence-corrected chi connectivity index (χ2v) is 5.24. The fraction of sp³-hybridized carbons (Fsp3) is 0.643. The van der Waals surface area contributed by atoms with Gasteiger partial charge in [0.25, 0.3) is 5.91 Å². The van der Waals surface area contributed by atoms with Crippen LogP contribution in [0.5, 0.6) is 0 Å². The molecule has 18 heavy (non-hydrogen) atoms. The molecule has 0 saturated heterocycles. The lowest BCUT2D eigenvalue weighted by Crippen LogP contribution is -2.31. The number of carbonyl (C=O) groups is 1. The largest absolute Gasteiger partial charge is 0.469 e. The van der Waals surface area contributed by atoms with E-state index in [2.05, 4.69) is 5.32 Å². The highest BCUT2D eigenvalue weighted by molar-refractivity contribution is 6.18. The van der Waals surface area contributed by atoms with E-state index in [9.17, 15) is 4.79 Å². The van der Waals surface area contributed by atoms with Gasteiger partial charge in [0.2, 0.25) is 0 Å². The average molecular weight is 270 g/mol. The van der Waals surface area contributed by atoms with Gasteiger partial charge in [-0.2, -0.15) is 0 Å². The van der Waals surface area contributed by atoms with E-state index in [0.29, 0.717) is 23.3 Å². The second-order valence-electron chi connectivity index (χ2n) is 4.93. The van der Waals surface area contributed by atoms with Gasteiger partial charge >= 0.3 is 0 Å². The fourth-order valence-corrected chi connectivity index (χ4v) is 3.13. The van der Waals surface area contributed by atoms with Gasteiger partial charge in [0.15, 0.2) is 0 Å². The van der Waals surface area contributed by atoms with Crippen molar-refractivity contribution in [2.45, 2.75) is 32.6 Å². The van der Waals surface area contributed by atoms with E-state index in [1.165, 1.54) is 19.3 Å². The maximum absolute atomic E-state index is 12.0. The summed E-state index contributed by atoms with van der Waals surface area (Å²) in [6, 6.07) is 1.74. The Morgan fingerprint density at radius 2 is 2.28 bits per heavy atom. The molecule has 1 saturated carbocycles. The number of halogens is 1. The molecule has 2 atom stereocenters. The second kappa shape index (κ2) is 6.28. The quantitative estimate of drug-likeness (QED) is 0.834. The van der Waals surface area contributed by atoms with Crippen LogP contribution in [0.1, 0.15) is 42.3 Å². The fourth-order valence-electron chi connectivity index (χ4n) is 2.72. The van der Waals surface area contributed by atoms with Crippen molar-refractivity contribution in [2.24, 2.45) is 11.8 Å². The molecule has 0 bridgehead atoms. The first-order valence-electron chi connectivity index (χ1n) is 6.66. The summed E-state index contributed by atoms with van der Waals surface area (Å²) in [6.07, 6.45) is 5.90. The van der Waals surface area contributed by atoms with Crippen LogP contribution >= 0.6 is 11.6 Å². The predicted octanol–water partition coefficient (Wildman–Crippen LogP) is 3.23. The van der Waals surface area contributed by atoms with Crippen molar-refractivity contribution >= 4 is 17.5 Å². The Labute approximate surface area is 113 Å². The molecule has 1 heterocycles. The van der Waals surface area contributed by atoms with Gasteiger partial charge in [-0.3, -0.25) is 4.79 Å². The summed E-state index contributed by atoms with van der Waals surface area (Å²) >= 11 is 5.94. The Balaban J connectivity index is 1.88. The molecular formula is C14H20ClNO2. The summed E-state index contributed by atoms with van der Waals surface area (Å²) in [4.78, 5) is 12.0. The van der Waals surface area contributed by atoms with Gasteiger partial charge < -0.3 is 9.73 Å². The lowest BCUT2D eigenvalue weighted by Gasteiger charge is -2.17. The molecule has 1 aromatic rings. The van der Waals surface area contributed by atoms with Crippen molar-refractivity contribution in [3.8, 4) is 0 Å². The van der Waals surface area contributed by atoms with Crippen LogP contribution in [0.15, 0.2) is 16.7 Å². The molecule has 1 aromatic heterocycles. The van der Waals surface area contributed by atoms with E-state index in [-0.39, 0.29) is 5.91 Å². The third-order valence-corrected chi connectivity index (χ3v) is 4.25. The number of amides is 1. The summed E-state index contributed by atoms with van der Waals surface area (Å²) in [5, 5.41) is 3.01. The van der Waals surface area contributed by atoms with Crippen LogP contribution in [0.2, 0.25) is 0 Å². The molecule has 2 unspecified atom stereocenters. The molecule has 1 N–H and O–H groups in total. The van der Waals surface area contributed by atoms with Crippen molar-refractivity contribution in [3.63, 3.8) is 0 Å². The summed E-state index contributed by atoms with van der Waals surface area (Å²) in [5.41, 5.74) is 0.665. The monoisotopic (exact) mass is 269 g/mol. The van der Waals surface area contributed by atoms with Gasteiger partial charge in [-0.1, -0.05) is 13.3 Å². The van der Waals surface area contributed by atoms with E-state index in [1.54, 1.807) is 12.3 Å². The number of hydrogen-bond donors (Lipinski definition) is 1. The van der Waals surface area contributed by atoms with Gasteiger partial charge in [-0.15, -0.1) is 11.6 Å². The number of furan rings is 1. The summed E-state index contributed by atoms with van der Waals surface area (Å²) in [6.45, 7) is 2.71. The van der Waals surface area contributed by atoms with E-state index >= 15 is 0 Å². The Morgan fingerprint density at radius 1 is 1.50 bits per heavy atom. The zero-order valence-corrected chi connectivity index (χ0v) is 11.5. The highest BCUT2D eigenvalue weighted by atomic mass is 35.5. The van der Waals surface area contributed by atoms with Gasteiger partial charge in [0.1, 0.15) is 5.76 Å². The third-order valence-electron chi connectivity index (χ3n) is 3.85. The van der Waals surface area contributed by atoms with Crippen LogP contribution in [-0.4, -0.2) is 18.3 Å². The van der Waals surface area contributed by atoms with Crippen molar-refractivity contribution < 1.29 is 9.21 Å². The number of rotatable bonds is 5. The van der Waals surface area contributed by atoms with Gasteiger partial charge in [0, 0.05) is 18.8 Å². The zero-order valence-electron chi connectivity index (χ0n) is 10.7. The normalized spacial score (nSPS) is 23.2. The molecule has 1 aliphatic rings. The molecular weight excluding hydrogens is 250 g/mol. The maximum Gasteiger partial charge on any atom is 0.254 e. The van der Waals surface area contributed by atoms with Crippen LogP contribution in [0.4, 0.5) is 0 Å². The standard InChI is InChI=1S/C14H20ClNO2/c1-2-13-12(6-7-18-13)14(17)16-9-11-5-3-4-10(11)8-15/h6-7,10-11H,2-5,8-9H2,1H3,(H,16,17). The number of alkyl halides is 1. The molecule has 0 spiro atoms. The van der Waals surface area contributed by atoms with Gasteiger partial charge in [0.05, 0.1) is 11.8 Å².